The Hall–Kier alpha value is -2.08. The van der Waals surface area contributed by atoms with Crippen LogP contribution in [0.5, 0.6) is 5.75 Å². The number of carbonyl (C=O) groups is 2. The first-order chi connectivity index (χ1) is 15.4. The van der Waals surface area contributed by atoms with E-state index in [1.165, 1.54) is 38.5 Å². The van der Waals surface area contributed by atoms with Gasteiger partial charge in [-0.05, 0) is 99.9 Å². The number of likely N-dealkylation sites (tertiary alicyclic amines) is 1. The van der Waals surface area contributed by atoms with Crippen molar-refractivity contribution < 1.29 is 14.3 Å². The topological polar surface area (TPSA) is 75.9 Å². The maximum atomic E-state index is 13.9. The molecule has 0 unspecified atom stereocenters. The molecule has 2 amide bonds. The van der Waals surface area contributed by atoms with Crippen molar-refractivity contribution in [3.05, 3.63) is 29.8 Å². The predicted octanol–water partition coefficient (Wildman–Crippen LogP) is 3.19. The summed E-state index contributed by atoms with van der Waals surface area (Å²) in [6.07, 6.45) is 9.10. The molecule has 32 heavy (non-hydrogen) atoms. The average Bonchev–Trinajstić information content (AvgIpc) is 2.77. The summed E-state index contributed by atoms with van der Waals surface area (Å²) in [5.41, 5.74) is 6.65. The number of carbonyl (C=O) groups excluding carboxylic acids is 2. The Bertz CT molecular complexity index is 826. The van der Waals surface area contributed by atoms with Crippen LogP contribution in [0.4, 0.5) is 0 Å². The van der Waals surface area contributed by atoms with Crippen LogP contribution in [0.15, 0.2) is 24.3 Å². The number of benzene rings is 1. The first-order valence-corrected chi connectivity index (χ1v) is 12.4. The van der Waals surface area contributed by atoms with Crippen molar-refractivity contribution in [2.24, 2.45) is 29.4 Å². The highest BCUT2D eigenvalue weighted by Gasteiger charge is 2.54. The van der Waals surface area contributed by atoms with Gasteiger partial charge in [-0.25, -0.2) is 0 Å². The molecule has 5 fully saturated rings. The molecule has 6 rings (SSSR count). The van der Waals surface area contributed by atoms with Crippen LogP contribution in [0.3, 0.4) is 0 Å². The minimum Gasteiger partial charge on any atom is -0.497 e. The number of primary amides is 1. The predicted molar refractivity (Wildman–Crippen MR) is 123 cm³/mol. The fourth-order valence-electron chi connectivity index (χ4n) is 7.52. The number of hydrogen-bond acceptors (Lipinski definition) is 4. The second-order valence-corrected chi connectivity index (χ2v) is 10.9. The summed E-state index contributed by atoms with van der Waals surface area (Å²) in [4.78, 5) is 29.9. The third-order valence-corrected chi connectivity index (χ3v) is 8.70. The minimum atomic E-state index is -0.204. The number of hydrogen-bond donors (Lipinski definition) is 1. The van der Waals surface area contributed by atoms with Crippen molar-refractivity contribution >= 4 is 11.8 Å². The van der Waals surface area contributed by atoms with Crippen molar-refractivity contribution in [1.29, 1.82) is 0 Å². The first kappa shape index (κ1) is 21.7. The average molecular weight is 440 g/mol. The number of ether oxygens (including phenoxy) is 1. The van der Waals surface area contributed by atoms with Crippen LogP contribution in [0, 0.1) is 23.7 Å². The van der Waals surface area contributed by atoms with Crippen LogP contribution in [0.1, 0.15) is 56.9 Å². The normalized spacial score (nSPS) is 32.1. The molecule has 0 spiro atoms. The van der Waals surface area contributed by atoms with E-state index in [4.69, 9.17) is 10.5 Å². The molecule has 1 aliphatic heterocycles. The molecule has 174 valence electrons. The highest BCUT2D eigenvalue weighted by Crippen LogP contribution is 2.58. The summed E-state index contributed by atoms with van der Waals surface area (Å²) in [5.74, 6) is 3.19. The molecule has 0 atom stereocenters. The van der Waals surface area contributed by atoms with Gasteiger partial charge in [0.25, 0.3) is 0 Å². The van der Waals surface area contributed by atoms with Gasteiger partial charge >= 0.3 is 0 Å². The molecule has 0 aromatic heterocycles. The lowest BCUT2D eigenvalue weighted by atomic mass is 9.52. The largest absolute Gasteiger partial charge is 0.497 e. The van der Waals surface area contributed by atoms with Crippen molar-refractivity contribution in [3.8, 4) is 5.75 Å². The van der Waals surface area contributed by atoms with E-state index in [9.17, 15) is 9.59 Å². The van der Waals surface area contributed by atoms with E-state index < -0.39 is 0 Å². The molecule has 0 radical (unpaired) electrons. The maximum Gasteiger partial charge on any atom is 0.237 e. The molecule has 1 heterocycles. The Kier molecular flexibility index (Phi) is 5.91. The zero-order chi connectivity index (χ0) is 22.3. The first-order valence-electron chi connectivity index (χ1n) is 12.4. The van der Waals surface area contributed by atoms with Gasteiger partial charge in [0.1, 0.15) is 5.75 Å². The molecule has 1 aromatic rings. The molecule has 4 saturated carbocycles. The van der Waals surface area contributed by atoms with Gasteiger partial charge in [0.05, 0.1) is 13.7 Å². The number of nitrogens with two attached hydrogens (primary N) is 1. The molecule has 6 nitrogen and oxygen atoms in total. The number of methoxy groups -OCH3 is 1. The number of piperidine rings is 1. The second-order valence-electron chi connectivity index (χ2n) is 10.9. The molecular weight excluding hydrogens is 402 g/mol. The van der Waals surface area contributed by atoms with Gasteiger partial charge in [-0.3, -0.25) is 14.5 Å². The fraction of sp³-hybridized carbons (Fsp3) is 0.692. The molecule has 5 aliphatic rings. The van der Waals surface area contributed by atoms with Gasteiger partial charge in [0, 0.05) is 18.0 Å². The Morgan fingerprint density at radius 2 is 1.72 bits per heavy atom. The van der Waals surface area contributed by atoms with Gasteiger partial charge < -0.3 is 15.4 Å². The van der Waals surface area contributed by atoms with E-state index >= 15 is 0 Å². The molecule has 4 aliphatic carbocycles. The van der Waals surface area contributed by atoms with Crippen molar-refractivity contribution in [3.63, 3.8) is 0 Å². The SMILES string of the molecule is COc1cccc(CN(C(=O)CN2CCC(C(N)=O)CC2)C23CC4CC(CC(C4)C2)C3)c1. The zero-order valence-corrected chi connectivity index (χ0v) is 19.3. The zero-order valence-electron chi connectivity index (χ0n) is 19.3. The van der Waals surface area contributed by atoms with Crippen molar-refractivity contribution in [2.75, 3.05) is 26.7 Å². The summed E-state index contributed by atoms with van der Waals surface area (Å²) < 4.78 is 5.45. The Balaban J connectivity index is 1.36. The molecule has 1 aromatic carbocycles. The van der Waals surface area contributed by atoms with E-state index in [0.717, 1.165) is 55.0 Å². The van der Waals surface area contributed by atoms with Gasteiger partial charge in [-0.15, -0.1) is 0 Å². The molecular formula is C26H37N3O3. The summed E-state index contributed by atoms with van der Waals surface area (Å²) in [6, 6.07) is 8.16. The lowest BCUT2D eigenvalue weighted by Gasteiger charge is -2.60. The molecule has 6 heteroatoms. The third-order valence-electron chi connectivity index (χ3n) is 8.70. The number of nitrogens with zero attached hydrogens (tertiary/aromatic N) is 2. The summed E-state index contributed by atoms with van der Waals surface area (Å²) >= 11 is 0. The number of rotatable bonds is 7. The second kappa shape index (κ2) is 8.69. The minimum absolute atomic E-state index is 0.0143. The van der Waals surface area contributed by atoms with E-state index in [1.807, 2.05) is 12.1 Å². The lowest BCUT2D eigenvalue weighted by Crippen LogP contribution is -2.62. The standard InChI is InChI=1S/C26H37N3O3/c1-32-23-4-2-3-18(12-23)16-29(24(30)17-28-7-5-22(6-8-28)25(27)31)26-13-19-9-20(14-26)11-21(10-19)15-26/h2-4,12,19-22H,5-11,13-17H2,1H3,(H2,27,31). The van der Waals surface area contributed by atoms with Gasteiger partial charge in [0.2, 0.25) is 11.8 Å². The van der Waals surface area contributed by atoms with E-state index in [1.54, 1.807) is 7.11 Å². The molecule has 2 N–H and O–H groups in total. The Morgan fingerprint density at radius 1 is 1.09 bits per heavy atom. The van der Waals surface area contributed by atoms with Crippen LogP contribution < -0.4 is 10.5 Å². The highest BCUT2D eigenvalue weighted by atomic mass is 16.5. The van der Waals surface area contributed by atoms with Crippen molar-refractivity contribution in [1.82, 2.24) is 9.80 Å². The summed E-state index contributed by atoms with van der Waals surface area (Å²) in [5, 5.41) is 0. The number of amides is 2. The lowest BCUT2D eigenvalue weighted by molar-refractivity contribution is -0.153. The monoisotopic (exact) mass is 439 g/mol. The van der Waals surface area contributed by atoms with Gasteiger partial charge in [-0.1, -0.05) is 12.1 Å². The Labute approximate surface area is 191 Å². The molecule has 1 saturated heterocycles. The van der Waals surface area contributed by atoms with Crippen LogP contribution in [0.2, 0.25) is 0 Å². The van der Waals surface area contributed by atoms with Crippen LogP contribution in [0.25, 0.3) is 0 Å². The quantitative estimate of drug-likeness (QED) is 0.708. The van der Waals surface area contributed by atoms with Crippen LogP contribution in [-0.2, 0) is 16.1 Å². The highest BCUT2D eigenvalue weighted by molar-refractivity contribution is 5.79. The smallest absolute Gasteiger partial charge is 0.237 e. The van der Waals surface area contributed by atoms with Gasteiger partial charge in [0.15, 0.2) is 0 Å². The maximum absolute atomic E-state index is 13.9. The Morgan fingerprint density at radius 3 is 2.28 bits per heavy atom. The van der Waals surface area contributed by atoms with E-state index in [-0.39, 0.29) is 23.3 Å². The van der Waals surface area contributed by atoms with Crippen molar-refractivity contribution in [2.45, 2.75) is 63.5 Å². The van der Waals surface area contributed by atoms with E-state index in [0.29, 0.717) is 13.1 Å². The summed E-state index contributed by atoms with van der Waals surface area (Å²) in [6.45, 7) is 2.64. The molecule has 4 bridgehead atoms. The van der Waals surface area contributed by atoms with Crippen LogP contribution >= 0.6 is 0 Å². The third kappa shape index (κ3) is 4.26. The summed E-state index contributed by atoms with van der Waals surface area (Å²) in [7, 11) is 1.69. The van der Waals surface area contributed by atoms with Gasteiger partial charge in [-0.2, -0.15) is 0 Å². The van der Waals surface area contributed by atoms with Crippen LogP contribution in [-0.4, -0.2) is 53.9 Å². The fourth-order valence-corrected chi connectivity index (χ4v) is 7.52. The van der Waals surface area contributed by atoms with E-state index in [2.05, 4.69) is 21.9 Å².